The molecule has 6 heteroatoms. The van der Waals surface area contributed by atoms with E-state index in [9.17, 15) is 9.59 Å². The number of carbonyl (C=O) groups excluding carboxylic acids is 2. The molecular weight excluding hydrogens is 296 g/mol. The molecular formula is C17H34N2O4. The van der Waals surface area contributed by atoms with Crippen molar-refractivity contribution in [2.24, 2.45) is 16.9 Å². The molecule has 23 heavy (non-hydrogen) atoms. The standard InChI is InChI=1S/C17H34N2O4/c1-15(2,3)22-13(20)17(9-7-11-18,10-8-12-19)14(21)23-16(4,5)6/h7-12,18-19H2,1-6H3. The summed E-state index contributed by atoms with van der Waals surface area (Å²) in [5.41, 5.74) is 8.46. The highest BCUT2D eigenvalue weighted by atomic mass is 16.6. The molecule has 0 aromatic carbocycles. The number of nitrogens with two attached hydrogens (primary N) is 2. The Morgan fingerprint density at radius 3 is 1.26 bits per heavy atom. The summed E-state index contributed by atoms with van der Waals surface area (Å²) in [6, 6.07) is 0. The van der Waals surface area contributed by atoms with Gasteiger partial charge in [0.25, 0.3) is 0 Å². The number of hydrogen-bond donors (Lipinski definition) is 2. The maximum absolute atomic E-state index is 12.8. The van der Waals surface area contributed by atoms with Gasteiger partial charge in [-0.1, -0.05) is 0 Å². The number of esters is 2. The van der Waals surface area contributed by atoms with Crippen molar-refractivity contribution in [1.82, 2.24) is 0 Å². The van der Waals surface area contributed by atoms with Gasteiger partial charge in [0.15, 0.2) is 5.41 Å². The second-order valence-electron chi connectivity index (χ2n) is 7.87. The van der Waals surface area contributed by atoms with Crippen molar-refractivity contribution in [2.45, 2.75) is 78.4 Å². The third-order valence-corrected chi connectivity index (χ3v) is 3.19. The van der Waals surface area contributed by atoms with Crippen molar-refractivity contribution >= 4 is 11.9 Å². The summed E-state index contributed by atoms with van der Waals surface area (Å²) in [5, 5.41) is 0. The first kappa shape index (κ1) is 21.9. The van der Waals surface area contributed by atoms with Crippen LogP contribution in [-0.4, -0.2) is 36.2 Å². The molecule has 0 rings (SSSR count). The van der Waals surface area contributed by atoms with Crippen molar-refractivity contribution < 1.29 is 19.1 Å². The second kappa shape index (κ2) is 8.64. The van der Waals surface area contributed by atoms with Gasteiger partial charge in [0, 0.05) is 0 Å². The van der Waals surface area contributed by atoms with Crippen LogP contribution in [0.1, 0.15) is 67.2 Å². The van der Waals surface area contributed by atoms with Crippen molar-refractivity contribution in [3.8, 4) is 0 Å². The van der Waals surface area contributed by atoms with Crippen LogP contribution in [0.25, 0.3) is 0 Å². The molecule has 0 aliphatic rings. The number of rotatable bonds is 8. The first-order valence-electron chi connectivity index (χ1n) is 8.25. The summed E-state index contributed by atoms with van der Waals surface area (Å²) in [6.07, 6.45) is 1.66. The van der Waals surface area contributed by atoms with E-state index in [0.29, 0.717) is 38.8 Å². The Hall–Kier alpha value is -1.14. The van der Waals surface area contributed by atoms with Gasteiger partial charge in [0.2, 0.25) is 0 Å². The van der Waals surface area contributed by atoms with E-state index in [0.717, 1.165) is 0 Å². The third-order valence-electron chi connectivity index (χ3n) is 3.19. The lowest BCUT2D eigenvalue weighted by atomic mass is 9.78. The molecule has 6 nitrogen and oxygen atoms in total. The van der Waals surface area contributed by atoms with Crippen molar-refractivity contribution in [2.75, 3.05) is 13.1 Å². The van der Waals surface area contributed by atoms with Crippen LogP contribution in [0.5, 0.6) is 0 Å². The normalized spacial score (nSPS) is 12.9. The highest BCUT2D eigenvalue weighted by Gasteiger charge is 2.49. The lowest BCUT2D eigenvalue weighted by Gasteiger charge is -2.35. The van der Waals surface area contributed by atoms with E-state index in [4.69, 9.17) is 20.9 Å². The smallest absolute Gasteiger partial charge is 0.324 e. The van der Waals surface area contributed by atoms with Crippen LogP contribution in [0, 0.1) is 5.41 Å². The summed E-state index contributed by atoms with van der Waals surface area (Å²) in [5.74, 6) is -1.11. The molecule has 0 aliphatic carbocycles. The van der Waals surface area contributed by atoms with Gasteiger partial charge in [-0.25, -0.2) is 0 Å². The quantitative estimate of drug-likeness (QED) is 0.522. The van der Waals surface area contributed by atoms with Gasteiger partial charge in [-0.15, -0.1) is 0 Å². The molecule has 0 aromatic rings. The van der Waals surface area contributed by atoms with E-state index in [2.05, 4.69) is 0 Å². The van der Waals surface area contributed by atoms with Crippen LogP contribution in [0.2, 0.25) is 0 Å². The average molecular weight is 330 g/mol. The Morgan fingerprint density at radius 2 is 1.04 bits per heavy atom. The lowest BCUT2D eigenvalue weighted by Crippen LogP contribution is -2.47. The predicted molar refractivity (Wildman–Crippen MR) is 90.7 cm³/mol. The highest BCUT2D eigenvalue weighted by Crippen LogP contribution is 2.36. The van der Waals surface area contributed by atoms with E-state index in [1.165, 1.54) is 0 Å². The molecule has 136 valence electrons. The van der Waals surface area contributed by atoms with Crippen LogP contribution < -0.4 is 11.5 Å². The fourth-order valence-corrected chi connectivity index (χ4v) is 2.18. The number of hydrogen-bond acceptors (Lipinski definition) is 6. The molecule has 0 aliphatic heterocycles. The summed E-state index contributed by atoms with van der Waals surface area (Å²) in [4.78, 5) is 25.6. The van der Waals surface area contributed by atoms with E-state index in [-0.39, 0.29) is 0 Å². The molecule has 4 N–H and O–H groups in total. The summed E-state index contributed by atoms with van der Waals surface area (Å²) in [6.45, 7) is 11.4. The molecule has 0 radical (unpaired) electrons. The Morgan fingerprint density at radius 1 is 0.739 bits per heavy atom. The zero-order valence-corrected chi connectivity index (χ0v) is 15.5. The first-order chi connectivity index (χ1) is 10.4. The minimum absolute atomic E-state index is 0.299. The monoisotopic (exact) mass is 330 g/mol. The van der Waals surface area contributed by atoms with E-state index < -0.39 is 28.6 Å². The molecule has 0 atom stereocenters. The van der Waals surface area contributed by atoms with Gasteiger partial charge in [-0.3, -0.25) is 9.59 Å². The average Bonchev–Trinajstić information content (AvgIpc) is 2.35. The Kier molecular flexibility index (Phi) is 8.21. The predicted octanol–water partition coefficient (Wildman–Crippen LogP) is 2.13. The first-order valence-corrected chi connectivity index (χ1v) is 8.25. The zero-order chi connectivity index (χ0) is 18.3. The van der Waals surface area contributed by atoms with Crippen LogP contribution in [0.15, 0.2) is 0 Å². The van der Waals surface area contributed by atoms with Crippen LogP contribution in [0.3, 0.4) is 0 Å². The summed E-state index contributed by atoms with van der Waals surface area (Å²) >= 11 is 0. The third kappa shape index (κ3) is 7.79. The zero-order valence-electron chi connectivity index (χ0n) is 15.5. The Balaban J connectivity index is 5.64. The van der Waals surface area contributed by atoms with Crippen molar-refractivity contribution in [3.05, 3.63) is 0 Å². The largest absolute Gasteiger partial charge is 0.459 e. The van der Waals surface area contributed by atoms with Crippen molar-refractivity contribution in [3.63, 3.8) is 0 Å². The van der Waals surface area contributed by atoms with Crippen LogP contribution >= 0.6 is 0 Å². The number of ether oxygens (including phenoxy) is 2. The maximum Gasteiger partial charge on any atom is 0.324 e. The van der Waals surface area contributed by atoms with E-state index in [1.54, 1.807) is 41.5 Å². The maximum atomic E-state index is 12.8. The molecule has 0 saturated heterocycles. The fraction of sp³-hybridized carbons (Fsp3) is 0.882. The molecule has 0 fully saturated rings. The Labute approximate surface area is 140 Å². The highest BCUT2D eigenvalue weighted by molar-refractivity contribution is 6.00. The van der Waals surface area contributed by atoms with E-state index >= 15 is 0 Å². The van der Waals surface area contributed by atoms with Gasteiger partial charge < -0.3 is 20.9 Å². The molecule has 0 bridgehead atoms. The minimum Gasteiger partial charge on any atom is -0.459 e. The molecule has 0 saturated carbocycles. The van der Waals surface area contributed by atoms with E-state index in [1.807, 2.05) is 0 Å². The summed E-state index contributed by atoms with van der Waals surface area (Å²) in [7, 11) is 0. The van der Waals surface area contributed by atoms with Gasteiger partial charge in [0.05, 0.1) is 0 Å². The summed E-state index contributed by atoms with van der Waals surface area (Å²) < 4.78 is 11.0. The molecule has 0 amide bonds. The molecule has 0 unspecified atom stereocenters. The topological polar surface area (TPSA) is 105 Å². The second-order valence-corrected chi connectivity index (χ2v) is 7.87. The van der Waals surface area contributed by atoms with Crippen LogP contribution in [-0.2, 0) is 19.1 Å². The fourth-order valence-electron chi connectivity index (χ4n) is 2.18. The molecule has 0 heterocycles. The van der Waals surface area contributed by atoms with Crippen LogP contribution in [0.4, 0.5) is 0 Å². The van der Waals surface area contributed by atoms with Gasteiger partial charge >= 0.3 is 11.9 Å². The number of carbonyl (C=O) groups is 2. The Bertz CT molecular complexity index is 356. The van der Waals surface area contributed by atoms with Gasteiger partial charge in [-0.2, -0.15) is 0 Å². The molecule has 0 aromatic heterocycles. The minimum atomic E-state index is -1.35. The van der Waals surface area contributed by atoms with Gasteiger partial charge in [0.1, 0.15) is 11.2 Å². The van der Waals surface area contributed by atoms with Crippen molar-refractivity contribution in [1.29, 1.82) is 0 Å². The van der Waals surface area contributed by atoms with Gasteiger partial charge in [-0.05, 0) is 80.3 Å². The SMILES string of the molecule is CC(C)(C)OC(=O)C(CCCN)(CCCN)C(=O)OC(C)(C)C. The molecule has 0 spiro atoms. The lowest BCUT2D eigenvalue weighted by molar-refractivity contribution is -0.186.